The van der Waals surface area contributed by atoms with Gasteiger partial charge in [0.25, 0.3) is 0 Å². The Bertz CT molecular complexity index is 1090. The third kappa shape index (κ3) is 4.65. The molecule has 4 rings (SSSR count). The van der Waals surface area contributed by atoms with Crippen LogP contribution in [0.3, 0.4) is 0 Å². The molecule has 0 bridgehead atoms. The Balaban J connectivity index is 1.56. The predicted molar refractivity (Wildman–Crippen MR) is 122 cm³/mol. The first-order valence-electron chi connectivity index (χ1n) is 10.4. The number of amides is 2. The summed E-state index contributed by atoms with van der Waals surface area (Å²) in [5.41, 5.74) is 0.610. The second kappa shape index (κ2) is 9.48. The van der Waals surface area contributed by atoms with Crippen molar-refractivity contribution in [1.82, 2.24) is 4.90 Å². The van der Waals surface area contributed by atoms with Crippen molar-refractivity contribution in [2.24, 2.45) is 5.92 Å². The molecule has 1 aliphatic rings. The zero-order valence-corrected chi connectivity index (χ0v) is 19.2. The van der Waals surface area contributed by atoms with Crippen LogP contribution < -0.4 is 14.4 Å². The van der Waals surface area contributed by atoms with Crippen LogP contribution in [0.25, 0.3) is 0 Å². The van der Waals surface area contributed by atoms with E-state index in [-0.39, 0.29) is 18.2 Å². The van der Waals surface area contributed by atoms with Gasteiger partial charge in [-0.15, -0.1) is 11.3 Å². The Morgan fingerprint density at radius 2 is 2.03 bits per heavy atom. The number of carbonyl (C=O) groups is 2. The van der Waals surface area contributed by atoms with Gasteiger partial charge in [0, 0.05) is 28.8 Å². The van der Waals surface area contributed by atoms with Gasteiger partial charge in [0.15, 0.2) is 0 Å². The fourth-order valence-corrected chi connectivity index (χ4v) is 4.84. The highest BCUT2D eigenvalue weighted by atomic mass is 32.1. The van der Waals surface area contributed by atoms with Crippen molar-refractivity contribution < 1.29 is 23.5 Å². The van der Waals surface area contributed by atoms with Gasteiger partial charge in [-0.25, -0.2) is 0 Å². The Labute approximate surface area is 191 Å². The number of benzene rings is 1. The van der Waals surface area contributed by atoms with E-state index in [0.717, 1.165) is 4.88 Å². The van der Waals surface area contributed by atoms with E-state index in [4.69, 9.17) is 13.9 Å². The molecule has 1 aromatic carbocycles. The second-order valence-corrected chi connectivity index (χ2v) is 9.10. The highest BCUT2D eigenvalue weighted by Crippen LogP contribution is 2.36. The van der Waals surface area contributed by atoms with E-state index in [1.807, 2.05) is 31.2 Å². The van der Waals surface area contributed by atoms with Gasteiger partial charge in [-0.3, -0.25) is 9.59 Å². The van der Waals surface area contributed by atoms with E-state index in [1.165, 1.54) is 4.88 Å². The number of nitrogens with zero attached hydrogens (tertiary/aromatic N) is 2. The van der Waals surface area contributed by atoms with E-state index in [2.05, 4.69) is 0 Å². The first kappa shape index (κ1) is 22.0. The maximum atomic E-state index is 13.5. The number of hydrogen-bond acceptors (Lipinski definition) is 6. The minimum Gasteiger partial charge on any atom is -0.497 e. The van der Waals surface area contributed by atoms with Crippen LogP contribution in [-0.4, -0.2) is 37.5 Å². The largest absolute Gasteiger partial charge is 0.497 e. The summed E-state index contributed by atoms with van der Waals surface area (Å²) in [6.07, 6.45) is 1.75. The number of hydrogen-bond donors (Lipinski definition) is 0. The lowest BCUT2D eigenvalue weighted by Gasteiger charge is -2.25. The number of aryl methyl sites for hydroxylation is 1. The molecular weight excluding hydrogens is 428 g/mol. The molecule has 1 saturated heterocycles. The van der Waals surface area contributed by atoms with Gasteiger partial charge in [0.05, 0.1) is 45.2 Å². The molecule has 32 heavy (non-hydrogen) atoms. The van der Waals surface area contributed by atoms with Gasteiger partial charge >= 0.3 is 0 Å². The summed E-state index contributed by atoms with van der Waals surface area (Å²) in [4.78, 5) is 32.1. The average Bonchev–Trinajstić information content (AvgIpc) is 3.54. The monoisotopic (exact) mass is 454 g/mol. The molecule has 2 amide bonds. The smallest absolute Gasteiger partial charge is 0.228 e. The molecule has 0 saturated carbocycles. The van der Waals surface area contributed by atoms with Gasteiger partial charge in [-0.05, 0) is 43.3 Å². The molecule has 1 atom stereocenters. The maximum Gasteiger partial charge on any atom is 0.228 e. The van der Waals surface area contributed by atoms with Gasteiger partial charge in [-0.1, -0.05) is 0 Å². The summed E-state index contributed by atoms with van der Waals surface area (Å²) in [5.74, 6) is 1.27. The number of methoxy groups -OCH3 is 2. The molecule has 0 radical (unpaired) electrons. The molecule has 2 aromatic heterocycles. The van der Waals surface area contributed by atoms with Crippen molar-refractivity contribution in [2.75, 3.05) is 25.7 Å². The number of ether oxygens (including phenoxy) is 2. The van der Waals surface area contributed by atoms with Crippen molar-refractivity contribution in [3.63, 3.8) is 0 Å². The molecule has 1 aliphatic heterocycles. The summed E-state index contributed by atoms with van der Waals surface area (Å²) in [5, 5.41) is 0. The van der Waals surface area contributed by atoms with Crippen LogP contribution in [0.1, 0.15) is 21.9 Å². The van der Waals surface area contributed by atoms with Crippen LogP contribution in [0.5, 0.6) is 11.5 Å². The van der Waals surface area contributed by atoms with Gasteiger partial charge < -0.3 is 23.7 Å². The number of carbonyl (C=O) groups excluding carboxylic acids is 2. The molecular formula is C24H26N2O5S. The lowest BCUT2D eigenvalue weighted by molar-refractivity contribution is -0.137. The highest BCUT2D eigenvalue weighted by Gasteiger charge is 2.38. The number of thiophene rings is 1. The molecule has 3 aromatic rings. The van der Waals surface area contributed by atoms with Crippen molar-refractivity contribution in [2.45, 2.75) is 26.4 Å². The number of anilines is 1. The topological polar surface area (TPSA) is 72.2 Å². The van der Waals surface area contributed by atoms with E-state index < -0.39 is 5.92 Å². The van der Waals surface area contributed by atoms with Gasteiger partial charge in [0.2, 0.25) is 11.8 Å². The predicted octanol–water partition coefficient (Wildman–Crippen LogP) is 4.25. The summed E-state index contributed by atoms with van der Waals surface area (Å²) in [7, 11) is 3.13. The zero-order chi connectivity index (χ0) is 22.7. The summed E-state index contributed by atoms with van der Waals surface area (Å²) < 4.78 is 16.2. The van der Waals surface area contributed by atoms with Crippen molar-refractivity contribution in [3.05, 3.63) is 64.2 Å². The summed E-state index contributed by atoms with van der Waals surface area (Å²) in [6, 6.07) is 13.1. The van der Waals surface area contributed by atoms with Crippen molar-refractivity contribution >= 4 is 28.8 Å². The van der Waals surface area contributed by atoms with Crippen molar-refractivity contribution in [3.8, 4) is 11.5 Å². The Morgan fingerprint density at radius 1 is 1.19 bits per heavy atom. The lowest BCUT2D eigenvalue weighted by Crippen LogP contribution is -2.36. The van der Waals surface area contributed by atoms with Crippen LogP contribution >= 0.6 is 11.3 Å². The maximum absolute atomic E-state index is 13.5. The fourth-order valence-electron chi connectivity index (χ4n) is 3.93. The van der Waals surface area contributed by atoms with Crippen LogP contribution in [0.2, 0.25) is 0 Å². The second-order valence-electron chi connectivity index (χ2n) is 7.73. The minimum absolute atomic E-state index is 0.0647. The third-order valence-corrected chi connectivity index (χ3v) is 6.52. The van der Waals surface area contributed by atoms with E-state index >= 15 is 0 Å². The van der Waals surface area contributed by atoms with Crippen molar-refractivity contribution in [1.29, 1.82) is 0 Å². The quantitative estimate of drug-likeness (QED) is 0.509. The normalized spacial score (nSPS) is 15.8. The third-order valence-electron chi connectivity index (χ3n) is 5.53. The molecule has 0 aliphatic carbocycles. The van der Waals surface area contributed by atoms with Crippen LogP contribution in [0.4, 0.5) is 5.69 Å². The molecule has 168 valence electrons. The standard InChI is InChI=1S/C24H26N2O5S/c1-16-6-8-20(32-16)15-25(14-19-5-4-10-31-19)24(28)17-11-23(27)26(13-17)21-12-18(29-2)7-9-22(21)30-3/h4-10,12,17H,11,13-15H2,1-3H3. The Hall–Kier alpha value is -3.26. The molecule has 7 nitrogen and oxygen atoms in total. The van der Waals surface area contributed by atoms with Gasteiger partial charge in [0.1, 0.15) is 17.3 Å². The van der Waals surface area contributed by atoms with Crippen LogP contribution in [0, 0.1) is 12.8 Å². The van der Waals surface area contributed by atoms with E-state index in [0.29, 0.717) is 42.6 Å². The summed E-state index contributed by atoms with van der Waals surface area (Å²) >= 11 is 1.66. The molecule has 0 N–H and O–H groups in total. The Kier molecular flexibility index (Phi) is 6.50. The zero-order valence-electron chi connectivity index (χ0n) is 18.4. The van der Waals surface area contributed by atoms with Gasteiger partial charge in [-0.2, -0.15) is 0 Å². The fraction of sp³-hybridized carbons (Fsp3) is 0.333. The lowest BCUT2D eigenvalue weighted by atomic mass is 10.1. The summed E-state index contributed by atoms with van der Waals surface area (Å²) in [6.45, 7) is 3.17. The molecule has 8 heteroatoms. The van der Waals surface area contributed by atoms with E-state index in [9.17, 15) is 9.59 Å². The first-order chi connectivity index (χ1) is 15.5. The number of rotatable bonds is 8. The van der Waals surface area contributed by atoms with Crippen LogP contribution in [-0.2, 0) is 22.7 Å². The van der Waals surface area contributed by atoms with Crippen LogP contribution in [0.15, 0.2) is 53.1 Å². The molecule has 1 fully saturated rings. The number of furan rings is 1. The highest BCUT2D eigenvalue weighted by molar-refractivity contribution is 7.11. The molecule has 0 spiro atoms. The minimum atomic E-state index is -0.450. The first-order valence-corrected chi connectivity index (χ1v) is 11.2. The molecule has 1 unspecified atom stereocenters. The Morgan fingerprint density at radius 3 is 2.69 bits per heavy atom. The SMILES string of the molecule is COc1ccc(OC)c(N2CC(C(=O)N(Cc3ccco3)Cc3ccc(C)s3)CC2=O)c1. The van der Waals surface area contributed by atoms with E-state index in [1.54, 1.807) is 59.8 Å². The average molecular weight is 455 g/mol. The molecule has 3 heterocycles.